The fraction of sp³-hybridized carbons (Fsp3) is 0.944. The maximum Gasteiger partial charge on any atom is 0.305 e. The topological polar surface area (TPSA) is 49.3 Å². The Labute approximate surface area is 132 Å². The minimum Gasteiger partial charge on any atom is -0.481 e. The zero-order chi connectivity index (χ0) is 16.3. The molecule has 0 aromatic carbocycles. The summed E-state index contributed by atoms with van der Waals surface area (Å²) >= 11 is 0. The summed E-state index contributed by atoms with van der Waals surface area (Å²) in [6.45, 7) is 6.76. The van der Waals surface area contributed by atoms with E-state index in [1.54, 1.807) is 13.8 Å². The van der Waals surface area contributed by atoms with E-state index in [1.165, 1.54) is 77.2 Å². The van der Waals surface area contributed by atoms with E-state index in [1.807, 2.05) is 7.05 Å². The van der Waals surface area contributed by atoms with Crippen molar-refractivity contribution in [2.45, 2.75) is 91.4 Å². The molecule has 0 amide bonds. The molecule has 0 spiro atoms. The predicted octanol–water partition coefficient (Wildman–Crippen LogP) is 5.24. The first-order chi connectivity index (χ1) is 10.1. The Kier molecular flexibility index (Phi) is 21.0. The van der Waals surface area contributed by atoms with Crippen molar-refractivity contribution < 1.29 is 9.90 Å². The van der Waals surface area contributed by atoms with Crippen LogP contribution >= 0.6 is 0 Å². The van der Waals surface area contributed by atoms with E-state index >= 15 is 0 Å². The average Bonchev–Trinajstić information content (AvgIpc) is 2.45. The van der Waals surface area contributed by atoms with Crippen LogP contribution in [0.1, 0.15) is 91.4 Å². The molecule has 0 aliphatic heterocycles. The average molecular weight is 302 g/mol. The van der Waals surface area contributed by atoms with E-state index in [4.69, 9.17) is 5.11 Å². The van der Waals surface area contributed by atoms with Crippen LogP contribution in [0.2, 0.25) is 0 Å². The maximum absolute atomic E-state index is 9.70. The lowest BCUT2D eigenvalue weighted by atomic mass is 10.1. The molecule has 0 rings (SSSR count). The van der Waals surface area contributed by atoms with Gasteiger partial charge in [-0.2, -0.15) is 0 Å². The van der Waals surface area contributed by atoms with Crippen molar-refractivity contribution in [1.82, 2.24) is 5.32 Å². The first kappa shape index (κ1) is 22.7. The summed E-state index contributed by atoms with van der Waals surface area (Å²) in [5, 5.41) is 11.2. The number of rotatable bonds is 13. The monoisotopic (exact) mass is 301 g/mol. The fourth-order valence-corrected chi connectivity index (χ4v) is 1.97. The van der Waals surface area contributed by atoms with Crippen molar-refractivity contribution >= 4 is 5.97 Å². The second-order valence-electron chi connectivity index (χ2n) is 6.13. The van der Waals surface area contributed by atoms with Gasteiger partial charge in [-0.15, -0.1) is 0 Å². The van der Waals surface area contributed by atoms with Gasteiger partial charge >= 0.3 is 5.97 Å². The van der Waals surface area contributed by atoms with Gasteiger partial charge < -0.3 is 10.4 Å². The molecule has 0 unspecified atom stereocenters. The van der Waals surface area contributed by atoms with E-state index in [0.717, 1.165) is 0 Å². The molecule has 0 aromatic heterocycles. The number of aliphatic carboxylic acids is 1. The van der Waals surface area contributed by atoms with Crippen molar-refractivity contribution in [2.75, 3.05) is 13.6 Å². The number of carboxylic acids is 1. The smallest absolute Gasteiger partial charge is 0.305 e. The molecule has 2 N–H and O–H groups in total. The van der Waals surface area contributed by atoms with E-state index in [-0.39, 0.29) is 5.92 Å². The van der Waals surface area contributed by atoms with Gasteiger partial charge in [0.2, 0.25) is 0 Å². The normalized spacial score (nSPS) is 10.3. The van der Waals surface area contributed by atoms with Crippen LogP contribution in [-0.2, 0) is 4.79 Å². The SMILES string of the molecule is CC(C)C(=O)O.CCCCCCCCCCCCCNC. The molecular formula is C18H39NO2. The third kappa shape index (κ3) is 24.8. The predicted molar refractivity (Wildman–Crippen MR) is 92.9 cm³/mol. The standard InChI is InChI=1S/C14H31N.C4H8O2/c1-3-4-5-6-7-8-9-10-11-12-13-14-15-2;1-3(2)4(5)6/h15H,3-14H2,1-2H3;3H,1-2H3,(H,5,6). The van der Waals surface area contributed by atoms with Crippen LogP contribution in [0.5, 0.6) is 0 Å². The molecule has 0 aliphatic rings. The molecule has 0 saturated carbocycles. The minimum atomic E-state index is -0.741. The number of nitrogens with one attached hydrogen (secondary N) is 1. The molecule has 3 nitrogen and oxygen atoms in total. The number of unbranched alkanes of at least 4 members (excludes halogenated alkanes) is 10. The number of hydrogen-bond acceptors (Lipinski definition) is 2. The summed E-state index contributed by atoms with van der Waals surface area (Å²) in [7, 11) is 2.04. The van der Waals surface area contributed by atoms with Gasteiger partial charge in [0.15, 0.2) is 0 Å². The largest absolute Gasteiger partial charge is 0.481 e. The van der Waals surface area contributed by atoms with Crippen molar-refractivity contribution in [3.05, 3.63) is 0 Å². The van der Waals surface area contributed by atoms with E-state index in [2.05, 4.69) is 12.2 Å². The first-order valence-corrected chi connectivity index (χ1v) is 8.93. The maximum atomic E-state index is 9.70. The molecule has 0 fully saturated rings. The molecule has 0 aromatic rings. The van der Waals surface area contributed by atoms with Gasteiger partial charge in [-0.3, -0.25) is 4.79 Å². The highest BCUT2D eigenvalue weighted by Gasteiger charge is 1.99. The minimum absolute atomic E-state index is 0.231. The Morgan fingerprint density at radius 1 is 0.857 bits per heavy atom. The summed E-state index contributed by atoms with van der Waals surface area (Å²) in [4.78, 5) is 9.70. The lowest BCUT2D eigenvalue weighted by molar-refractivity contribution is -0.140. The molecule has 3 heteroatoms. The Morgan fingerprint density at radius 3 is 1.48 bits per heavy atom. The summed E-state index contributed by atoms with van der Waals surface area (Å²) in [5.74, 6) is -0.972. The van der Waals surface area contributed by atoms with Crippen LogP contribution in [0, 0.1) is 5.92 Å². The summed E-state index contributed by atoms with van der Waals surface area (Å²) in [5.41, 5.74) is 0. The molecule has 128 valence electrons. The molecule has 0 heterocycles. The van der Waals surface area contributed by atoms with Crippen molar-refractivity contribution in [3.8, 4) is 0 Å². The molecule has 0 radical (unpaired) electrons. The molecule has 21 heavy (non-hydrogen) atoms. The Balaban J connectivity index is 0. The van der Waals surface area contributed by atoms with Gasteiger partial charge in [0.1, 0.15) is 0 Å². The highest BCUT2D eigenvalue weighted by Crippen LogP contribution is 2.10. The Hall–Kier alpha value is -0.570. The summed E-state index contributed by atoms with van der Waals surface area (Å²) in [6.07, 6.45) is 15.8. The van der Waals surface area contributed by atoms with Crippen LogP contribution in [0.25, 0.3) is 0 Å². The molecule has 0 bridgehead atoms. The van der Waals surface area contributed by atoms with Crippen molar-refractivity contribution in [2.24, 2.45) is 5.92 Å². The molecular weight excluding hydrogens is 262 g/mol. The van der Waals surface area contributed by atoms with Crippen LogP contribution < -0.4 is 5.32 Å². The molecule has 0 saturated heterocycles. The lowest BCUT2D eigenvalue weighted by Gasteiger charge is -2.02. The van der Waals surface area contributed by atoms with Crippen LogP contribution in [-0.4, -0.2) is 24.7 Å². The summed E-state index contributed by atoms with van der Waals surface area (Å²) < 4.78 is 0. The van der Waals surface area contributed by atoms with Gasteiger partial charge in [0.25, 0.3) is 0 Å². The lowest BCUT2D eigenvalue weighted by Crippen LogP contribution is -2.06. The van der Waals surface area contributed by atoms with Gasteiger partial charge in [0, 0.05) is 0 Å². The third-order valence-corrected chi connectivity index (χ3v) is 3.52. The summed E-state index contributed by atoms with van der Waals surface area (Å²) in [6, 6.07) is 0. The van der Waals surface area contributed by atoms with Crippen molar-refractivity contribution in [1.29, 1.82) is 0 Å². The van der Waals surface area contributed by atoms with E-state index < -0.39 is 5.97 Å². The van der Waals surface area contributed by atoms with E-state index in [9.17, 15) is 4.79 Å². The third-order valence-electron chi connectivity index (χ3n) is 3.52. The second kappa shape index (κ2) is 19.4. The van der Waals surface area contributed by atoms with Gasteiger partial charge in [-0.25, -0.2) is 0 Å². The van der Waals surface area contributed by atoms with Crippen LogP contribution in [0.3, 0.4) is 0 Å². The van der Waals surface area contributed by atoms with Crippen LogP contribution in [0.4, 0.5) is 0 Å². The Morgan fingerprint density at radius 2 is 1.19 bits per heavy atom. The first-order valence-electron chi connectivity index (χ1n) is 8.93. The van der Waals surface area contributed by atoms with Gasteiger partial charge in [0.05, 0.1) is 5.92 Å². The molecule has 0 atom stereocenters. The quantitative estimate of drug-likeness (QED) is 0.457. The second-order valence-corrected chi connectivity index (χ2v) is 6.13. The highest BCUT2D eigenvalue weighted by atomic mass is 16.4. The highest BCUT2D eigenvalue weighted by molar-refractivity contribution is 5.68. The Bertz CT molecular complexity index is 193. The zero-order valence-electron chi connectivity index (χ0n) is 14.9. The zero-order valence-corrected chi connectivity index (χ0v) is 14.9. The molecule has 0 aliphatic carbocycles. The number of hydrogen-bond donors (Lipinski definition) is 2. The number of carbonyl (C=O) groups is 1. The number of carboxylic acid groups (broad SMARTS) is 1. The van der Waals surface area contributed by atoms with Gasteiger partial charge in [-0.05, 0) is 20.0 Å². The van der Waals surface area contributed by atoms with Crippen LogP contribution in [0.15, 0.2) is 0 Å². The fourth-order valence-electron chi connectivity index (χ4n) is 1.97. The van der Waals surface area contributed by atoms with E-state index in [0.29, 0.717) is 0 Å². The van der Waals surface area contributed by atoms with Gasteiger partial charge in [-0.1, -0.05) is 85.0 Å². The van der Waals surface area contributed by atoms with Crippen molar-refractivity contribution in [3.63, 3.8) is 0 Å².